The smallest absolute Gasteiger partial charge is 0.414 e. The van der Waals surface area contributed by atoms with E-state index in [0.717, 1.165) is 29.7 Å². The van der Waals surface area contributed by atoms with E-state index in [2.05, 4.69) is 13.8 Å². The van der Waals surface area contributed by atoms with Crippen molar-refractivity contribution in [2.75, 3.05) is 29.5 Å². The number of nitrogens with zero attached hydrogens (tertiary/aromatic N) is 1. The molecule has 0 aromatic heterocycles. The number of ether oxygens (including phenoxy) is 1. The van der Waals surface area contributed by atoms with Crippen LogP contribution in [0.5, 0.6) is 0 Å². The lowest BCUT2D eigenvalue weighted by molar-refractivity contribution is 0.145. The predicted molar refractivity (Wildman–Crippen MR) is 95.2 cm³/mol. The number of rotatable bonds is 3. The van der Waals surface area contributed by atoms with E-state index < -0.39 is 9.73 Å². The van der Waals surface area contributed by atoms with Crippen molar-refractivity contribution < 1.29 is 13.7 Å². The number of amides is 1. The molecule has 2 aliphatic rings. The molecule has 0 spiro atoms. The summed E-state index contributed by atoms with van der Waals surface area (Å²) in [5, 5.41) is 0. The fourth-order valence-corrected chi connectivity index (χ4v) is 5.34. The molecule has 2 aliphatic heterocycles. The molecular weight excluding hydrogens is 326 g/mol. The number of benzene rings is 1. The van der Waals surface area contributed by atoms with Crippen LogP contribution in [-0.4, -0.2) is 41.0 Å². The zero-order chi connectivity index (χ0) is 17.5. The van der Waals surface area contributed by atoms with Gasteiger partial charge in [0.15, 0.2) is 0 Å². The Labute approximate surface area is 143 Å². The Hall–Kier alpha value is -1.60. The van der Waals surface area contributed by atoms with Crippen LogP contribution in [0.25, 0.3) is 0 Å². The second-order valence-corrected chi connectivity index (χ2v) is 9.28. The van der Waals surface area contributed by atoms with Gasteiger partial charge in [0.1, 0.15) is 6.10 Å². The summed E-state index contributed by atoms with van der Waals surface area (Å²) >= 11 is 0. The Bertz CT molecular complexity index is 723. The maximum Gasteiger partial charge on any atom is 0.414 e. The van der Waals surface area contributed by atoms with E-state index in [0.29, 0.717) is 30.5 Å². The first-order chi connectivity index (χ1) is 11.3. The van der Waals surface area contributed by atoms with Crippen LogP contribution < -0.4 is 10.6 Å². The Kier molecular flexibility index (Phi) is 4.57. The van der Waals surface area contributed by atoms with Gasteiger partial charge in [0.25, 0.3) is 0 Å². The number of nitrogens with one attached hydrogen (secondary N) is 1. The molecule has 2 heterocycles. The molecule has 3 N–H and O–H groups in total. The number of nitrogens with two attached hydrogens (primary N) is 1. The predicted octanol–water partition coefficient (Wildman–Crippen LogP) is 2.51. The summed E-state index contributed by atoms with van der Waals surface area (Å²) in [5.74, 6) is 1.31. The molecule has 0 saturated carbocycles. The van der Waals surface area contributed by atoms with Gasteiger partial charge in [-0.2, -0.15) is 0 Å². The van der Waals surface area contributed by atoms with Gasteiger partial charge in [0.2, 0.25) is 0 Å². The molecule has 3 rings (SSSR count). The first-order valence-electron chi connectivity index (χ1n) is 8.34. The summed E-state index contributed by atoms with van der Waals surface area (Å²) in [6.07, 6.45) is 0.999. The standard InChI is InChI=1S/C17H25N3O3S/c1-11-7-14(20-10-15(9-18)23-17(20)21)8-12(2)16(11)13-3-5-24(19,22)6-4-13/h7-8,13,15,19H,3-6,9-10,18H2,1-2H3. The number of hydrogen-bond acceptors (Lipinski definition) is 5. The van der Waals surface area contributed by atoms with Crippen LogP contribution in [0, 0.1) is 18.6 Å². The third kappa shape index (κ3) is 3.28. The number of aryl methyl sites for hydroxylation is 2. The molecule has 1 amide bonds. The van der Waals surface area contributed by atoms with Crippen LogP contribution in [0.1, 0.15) is 35.4 Å². The maximum atomic E-state index is 12.0. The first-order valence-corrected chi connectivity index (χ1v) is 10.2. The summed E-state index contributed by atoms with van der Waals surface area (Å²) in [5.41, 5.74) is 9.99. The van der Waals surface area contributed by atoms with Crippen molar-refractivity contribution in [2.45, 2.75) is 38.7 Å². The average Bonchev–Trinajstić information content (AvgIpc) is 2.89. The molecule has 2 fully saturated rings. The van der Waals surface area contributed by atoms with E-state index >= 15 is 0 Å². The van der Waals surface area contributed by atoms with E-state index in [-0.39, 0.29) is 12.2 Å². The minimum Gasteiger partial charge on any atom is -0.443 e. The number of anilines is 1. The van der Waals surface area contributed by atoms with E-state index in [1.807, 2.05) is 12.1 Å². The lowest BCUT2D eigenvalue weighted by atomic mass is 9.86. The molecule has 7 heteroatoms. The van der Waals surface area contributed by atoms with Crippen molar-refractivity contribution in [3.63, 3.8) is 0 Å². The number of cyclic esters (lactones) is 1. The number of carbonyl (C=O) groups excluding carboxylic acids is 1. The second-order valence-electron chi connectivity index (χ2n) is 6.84. The fourth-order valence-electron chi connectivity index (χ4n) is 3.81. The van der Waals surface area contributed by atoms with Crippen molar-refractivity contribution in [1.29, 1.82) is 4.78 Å². The highest BCUT2D eigenvalue weighted by Crippen LogP contribution is 2.36. The highest BCUT2D eigenvalue weighted by Gasteiger charge is 2.32. The largest absolute Gasteiger partial charge is 0.443 e. The Morgan fingerprint density at radius 2 is 1.88 bits per heavy atom. The quantitative estimate of drug-likeness (QED) is 0.874. The zero-order valence-electron chi connectivity index (χ0n) is 14.2. The van der Waals surface area contributed by atoms with Gasteiger partial charge in [-0.05, 0) is 61.4 Å². The first kappa shape index (κ1) is 17.2. The third-order valence-electron chi connectivity index (χ3n) is 5.03. The third-order valence-corrected chi connectivity index (χ3v) is 6.82. The van der Waals surface area contributed by atoms with Crippen LogP contribution in [-0.2, 0) is 14.5 Å². The highest BCUT2D eigenvalue weighted by atomic mass is 32.2. The molecule has 1 unspecified atom stereocenters. The molecule has 1 atom stereocenters. The molecule has 1 aromatic carbocycles. The molecule has 0 aliphatic carbocycles. The summed E-state index contributed by atoms with van der Waals surface area (Å²) < 4.78 is 24.9. The van der Waals surface area contributed by atoms with Gasteiger partial charge in [-0.1, -0.05) is 0 Å². The molecule has 0 radical (unpaired) electrons. The van der Waals surface area contributed by atoms with Crippen LogP contribution >= 0.6 is 0 Å². The van der Waals surface area contributed by atoms with Gasteiger partial charge in [-0.3, -0.25) is 9.68 Å². The van der Waals surface area contributed by atoms with Crippen molar-refractivity contribution in [2.24, 2.45) is 5.73 Å². The van der Waals surface area contributed by atoms with Gasteiger partial charge in [0.05, 0.1) is 6.54 Å². The molecule has 6 nitrogen and oxygen atoms in total. The maximum absolute atomic E-state index is 12.0. The summed E-state index contributed by atoms with van der Waals surface area (Å²) in [6.45, 7) is 4.92. The minimum atomic E-state index is -2.37. The van der Waals surface area contributed by atoms with Crippen LogP contribution in [0.2, 0.25) is 0 Å². The topological polar surface area (TPSA) is 96.5 Å². The van der Waals surface area contributed by atoms with Crippen molar-refractivity contribution in [3.8, 4) is 0 Å². The second kappa shape index (κ2) is 6.37. The summed E-state index contributed by atoms with van der Waals surface area (Å²) in [7, 11) is -2.37. The molecule has 132 valence electrons. The van der Waals surface area contributed by atoms with Crippen LogP contribution in [0.3, 0.4) is 0 Å². The van der Waals surface area contributed by atoms with E-state index in [9.17, 15) is 9.00 Å². The molecule has 2 saturated heterocycles. The van der Waals surface area contributed by atoms with Gasteiger partial charge >= 0.3 is 6.09 Å². The normalized spacial score (nSPS) is 30.5. The summed E-state index contributed by atoms with van der Waals surface area (Å²) in [6, 6.07) is 4.05. The zero-order valence-corrected chi connectivity index (χ0v) is 15.0. The highest BCUT2D eigenvalue weighted by molar-refractivity contribution is 7.92. The SMILES string of the molecule is Cc1cc(N2CC(CN)OC2=O)cc(C)c1C1CCS(=N)(=O)CC1. The molecular formula is C17H25N3O3S. The van der Waals surface area contributed by atoms with E-state index in [1.165, 1.54) is 5.56 Å². The van der Waals surface area contributed by atoms with E-state index in [1.54, 1.807) is 4.90 Å². The monoisotopic (exact) mass is 351 g/mol. The van der Waals surface area contributed by atoms with Crippen molar-refractivity contribution >= 4 is 21.5 Å². The number of hydrogen-bond donors (Lipinski definition) is 2. The average molecular weight is 351 g/mol. The fraction of sp³-hybridized carbons (Fsp3) is 0.588. The van der Waals surface area contributed by atoms with Crippen LogP contribution in [0.4, 0.5) is 10.5 Å². The van der Waals surface area contributed by atoms with Gasteiger partial charge < -0.3 is 10.5 Å². The Morgan fingerprint density at radius 1 is 1.29 bits per heavy atom. The van der Waals surface area contributed by atoms with E-state index in [4.69, 9.17) is 15.3 Å². The van der Waals surface area contributed by atoms with Crippen LogP contribution in [0.15, 0.2) is 12.1 Å². The summed E-state index contributed by atoms with van der Waals surface area (Å²) in [4.78, 5) is 13.7. The lowest BCUT2D eigenvalue weighted by Crippen LogP contribution is -2.28. The van der Waals surface area contributed by atoms with Gasteiger partial charge in [0, 0.05) is 33.5 Å². The Balaban J connectivity index is 1.86. The van der Waals surface area contributed by atoms with Gasteiger partial charge in [-0.15, -0.1) is 0 Å². The molecule has 0 bridgehead atoms. The van der Waals surface area contributed by atoms with Crippen molar-refractivity contribution in [1.82, 2.24) is 0 Å². The minimum absolute atomic E-state index is 0.249. The lowest BCUT2D eigenvalue weighted by Gasteiger charge is -2.28. The molecule has 1 aromatic rings. The van der Waals surface area contributed by atoms with Gasteiger partial charge in [-0.25, -0.2) is 9.00 Å². The van der Waals surface area contributed by atoms with Crippen molar-refractivity contribution in [3.05, 3.63) is 28.8 Å². The number of carbonyl (C=O) groups is 1. The Morgan fingerprint density at radius 3 is 2.38 bits per heavy atom. The molecule has 24 heavy (non-hydrogen) atoms.